The van der Waals surface area contributed by atoms with Gasteiger partial charge >= 0.3 is 6.03 Å². The van der Waals surface area contributed by atoms with Gasteiger partial charge in [0.05, 0.1) is 22.3 Å². The Bertz CT molecular complexity index is 1790. The van der Waals surface area contributed by atoms with Gasteiger partial charge in [-0.3, -0.25) is 14.9 Å². The fraction of sp³-hybridized carbons (Fsp3) is 0.147. The Morgan fingerprint density at radius 3 is 2.16 bits per heavy atom. The molecule has 0 unspecified atom stereocenters. The molecule has 1 aliphatic heterocycles. The van der Waals surface area contributed by atoms with Gasteiger partial charge in [-0.25, -0.2) is 9.69 Å². The summed E-state index contributed by atoms with van der Waals surface area (Å²) in [5.41, 5.74) is 2.87. The van der Waals surface area contributed by atoms with Crippen molar-refractivity contribution in [2.45, 2.75) is 27.1 Å². The van der Waals surface area contributed by atoms with Crippen molar-refractivity contribution < 1.29 is 28.6 Å². The van der Waals surface area contributed by atoms with Crippen molar-refractivity contribution in [2.24, 2.45) is 0 Å². The van der Waals surface area contributed by atoms with E-state index in [1.54, 1.807) is 19.1 Å². The number of urea groups is 1. The monoisotopic (exact) mass is 664 g/mol. The van der Waals surface area contributed by atoms with E-state index in [4.69, 9.17) is 49.0 Å². The predicted octanol–water partition coefficient (Wildman–Crippen LogP) is 8.18. The summed E-state index contributed by atoms with van der Waals surface area (Å²) in [5.74, 6) is -0.284. The Kier molecular flexibility index (Phi) is 9.98. The SMILES string of the molecule is CCOc1cc(COc2c(Cl)cc(/C=C3\C(=O)NC(=O)N(c4ccc(C)c(Cl)c4)C3=O)cc2Cl)ccc1OCc1ccccc1. The molecule has 0 aromatic heterocycles. The Morgan fingerprint density at radius 2 is 1.47 bits per heavy atom. The molecule has 4 amide bonds. The van der Waals surface area contributed by atoms with Crippen molar-refractivity contribution in [3.8, 4) is 17.2 Å². The van der Waals surface area contributed by atoms with Crippen molar-refractivity contribution in [2.75, 3.05) is 11.5 Å². The number of imide groups is 2. The second-order valence-corrected chi connectivity index (χ2v) is 11.2. The Labute approximate surface area is 275 Å². The van der Waals surface area contributed by atoms with Crippen LogP contribution in [0.15, 0.2) is 84.4 Å². The number of carbonyl (C=O) groups excluding carboxylic acids is 3. The van der Waals surface area contributed by atoms with Gasteiger partial charge in [-0.15, -0.1) is 0 Å². The number of carbonyl (C=O) groups is 3. The van der Waals surface area contributed by atoms with Crippen LogP contribution in [0.25, 0.3) is 6.08 Å². The van der Waals surface area contributed by atoms with Crippen LogP contribution in [0.5, 0.6) is 17.2 Å². The smallest absolute Gasteiger partial charge is 0.335 e. The molecule has 0 radical (unpaired) electrons. The van der Waals surface area contributed by atoms with Gasteiger partial charge in [0.1, 0.15) is 18.8 Å². The molecule has 0 aliphatic carbocycles. The van der Waals surface area contributed by atoms with E-state index >= 15 is 0 Å². The van der Waals surface area contributed by atoms with Crippen molar-refractivity contribution in [1.29, 1.82) is 0 Å². The Balaban J connectivity index is 1.32. The van der Waals surface area contributed by atoms with Crippen LogP contribution in [-0.2, 0) is 22.8 Å². The van der Waals surface area contributed by atoms with Crippen LogP contribution in [0.1, 0.15) is 29.2 Å². The number of nitrogens with one attached hydrogen (secondary N) is 1. The van der Waals surface area contributed by atoms with E-state index in [0.29, 0.717) is 35.3 Å². The number of hydrogen-bond acceptors (Lipinski definition) is 6. The zero-order valence-corrected chi connectivity index (χ0v) is 26.5. The lowest BCUT2D eigenvalue weighted by Crippen LogP contribution is -2.54. The zero-order valence-electron chi connectivity index (χ0n) is 24.2. The first-order chi connectivity index (χ1) is 21.6. The van der Waals surface area contributed by atoms with E-state index in [1.165, 1.54) is 24.3 Å². The predicted molar refractivity (Wildman–Crippen MR) is 174 cm³/mol. The number of halogens is 3. The molecule has 4 aromatic carbocycles. The van der Waals surface area contributed by atoms with Crippen LogP contribution >= 0.6 is 34.8 Å². The molecule has 230 valence electrons. The molecular weight excluding hydrogens is 639 g/mol. The zero-order chi connectivity index (χ0) is 32.1. The summed E-state index contributed by atoms with van der Waals surface area (Å²) < 4.78 is 17.7. The second kappa shape index (κ2) is 14.1. The summed E-state index contributed by atoms with van der Waals surface area (Å²) >= 11 is 19.3. The number of amides is 4. The standard InChI is InChI=1S/C34H27Cl3N2O6/c1-3-43-30-16-22(10-12-29(30)44-18-21-7-5-4-6-8-21)19-45-31-27(36)14-23(15-28(31)37)13-25-32(40)38-34(42)39(33(25)41)24-11-9-20(2)26(35)17-24/h4-17H,3,18-19H2,1-2H3,(H,38,40,42)/b25-13+. The number of hydrogen-bond donors (Lipinski definition) is 1. The van der Waals surface area contributed by atoms with Gasteiger partial charge in [0.25, 0.3) is 11.8 Å². The maximum atomic E-state index is 13.3. The molecule has 1 fully saturated rings. The van der Waals surface area contributed by atoms with E-state index in [0.717, 1.165) is 21.6 Å². The average Bonchev–Trinajstić information content (AvgIpc) is 3.01. The maximum Gasteiger partial charge on any atom is 0.335 e. The number of benzene rings is 4. The number of anilines is 1. The molecule has 0 bridgehead atoms. The van der Waals surface area contributed by atoms with Gasteiger partial charge in [0.2, 0.25) is 0 Å². The summed E-state index contributed by atoms with van der Waals surface area (Å²) in [5, 5.41) is 2.86. The number of barbiturate groups is 1. The molecule has 11 heteroatoms. The molecule has 0 atom stereocenters. The van der Waals surface area contributed by atoms with E-state index in [1.807, 2.05) is 55.5 Å². The lowest BCUT2D eigenvalue weighted by molar-refractivity contribution is -0.122. The summed E-state index contributed by atoms with van der Waals surface area (Å²) in [6.45, 7) is 4.64. The Morgan fingerprint density at radius 1 is 0.756 bits per heavy atom. The fourth-order valence-electron chi connectivity index (χ4n) is 4.50. The van der Waals surface area contributed by atoms with E-state index < -0.39 is 17.8 Å². The second-order valence-electron chi connectivity index (χ2n) is 9.98. The largest absolute Gasteiger partial charge is 0.490 e. The van der Waals surface area contributed by atoms with Gasteiger partial charge in [-0.1, -0.05) is 77.3 Å². The van der Waals surface area contributed by atoms with Gasteiger partial charge in [-0.2, -0.15) is 0 Å². The van der Waals surface area contributed by atoms with E-state index in [9.17, 15) is 14.4 Å². The summed E-state index contributed by atoms with van der Waals surface area (Å²) in [6.07, 6.45) is 1.30. The highest BCUT2D eigenvalue weighted by molar-refractivity contribution is 6.40. The first-order valence-corrected chi connectivity index (χ1v) is 15.0. The average molecular weight is 666 g/mol. The molecule has 8 nitrogen and oxygen atoms in total. The lowest BCUT2D eigenvalue weighted by Gasteiger charge is -2.26. The van der Waals surface area contributed by atoms with Crippen LogP contribution in [0.4, 0.5) is 10.5 Å². The first-order valence-electron chi connectivity index (χ1n) is 13.9. The minimum atomic E-state index is -0.884. The van der Waals surface area contributed by atoms with Crippen LogP contribution in [0, 0.1) is 6.92 Å². The third-order valence-corrected chi connectivity index (χ3v) is 7.74. The van der Waals surface area contributed by atoms with Crippen LogP contribution in [-0.4, -0.2) is 24.5 Å². The topological polar surface area (TPSA) is 94.2 Å². The molecule has 45 heavy (non-hydrogen) atoms. The molecule has 4 aromatic rings. The fourth-order valence-corrected chi connectivity index (χ4v) is 5.29. The van der Waals surface area contributed by atoms with E-state index in [2.05, 4.69) is 5.32 Å². The van der Waals surface area contributed by atoms with E-state index in [-0.39, 0.29) is 33.7 Å². The van der Waals surface area contributed by atoms with Crippen LogP contribution in [0.3, 0.4) is 0 Å². The Hall–Kier alpha value is -4.50. The summed E-state index contributed by atoms with van der Waals surface area (Å²) in [7, 11) is 0. The molecule has 1 saturated heterocycles. The van der Waals surface area contributed by atoms with Crippen molar-refractivity contribution in [1.82, 2.24) is 5.32 Å². The highest BCUT2D eigenvalue weighted by Gasteiger charge is 2.37. The number of nitrogens with zero attached hydrogens (tertiary/aromatic N) is 1. The number of ether oxygens (including phenoxy) is 3. The molecule has 1 aliphatic rings. The summed E-state index contributed by atoms with van der Waals surface area (Å²) in [4.78, 5) is 39.3. The van der Waals surface area contributed by atoms with Crippen LogP contribution < -0.4 is 24.4 Å². The van der Waals surface area contributed by atoms with Crippen LogP contribution in [0.2, 0.25) is 15.1 Å². The third-order valence-electron chi connectivity index (χ3n) is 6.78. The molecular formula is C34H27Cl3N2O6. The van der Waals surface area contributed by atoms with Gasteiger partial charge in [-0.05, 0) is 78.6 Å². The minimum absolute atomic E-state index is 0.121. The van der Waals surface area contributed by atoms with Gasteiger partial charge in [0.15, 0.2) is 17.2 Å². The maximum absolute atomic E-state index is 13.3. The number of rotatable bonds is 10. The summed E-state index contributed by atoms with van der Waals surface area (Å²) in [6, 6.07) is 22.1. The normalized spacial score (nSPS) is 14.0. The highest BCUT2D eigenvalue weighted by atomic mass is 35.5. The molecule has 5 rings (SSSR count). The molecule has 0 saturated carbocycles. The van der Waals surface area contributed by atoms with Crippen molar-refractivity contribution in [3.63, 3.8) is 0 Å². The molecule has 1 N–H and O–H groups in total. The third kappa shape index (κ3) is 7.42. The molecule has 0 spiro atoms. The number of aryl methyl sites for hydroxylation is 1. The van der Waals surface area contributed by atoms with Crippen molar-refractivity contribution >= 4 is 64.4 Å². The van der Waals surface area contributed by atoms with Gasteiger partial charge in [0, 0.05) is 5.02 Å². The quantitative estimate of drug-likeness (QED) is 0.136. The van der Waals surface area contributed by atoms with Gasteiger partial charge < -0.3 is 14.2 Å². The lowest BCUT2D eigenvalue weighted by atomic mass is 10.1. The van der Waals surface area contributed by atoms with Crippen molar-refractivity contribution in [3.05, 3.63) is 122 Å². The molecule has 1 heterocycles. The first kappa shape index (κ1) is 31.9. The minimum Gasteiger partial charge on any atom is -0.490 e. The highest BCUT2D eigenvalue weighted by Crippen LogP contribution is 2.37.